The van der Waals surface area contributed by atoms with Crippen LogP contribution in [0.15, 0.2) is 24.3 Å². The van der Waals surface area contributed by atoms with E-state index < -0.39 is 0 Å². The average Bonchev–Trinajstić information content (AvgIpc) is 3.00. The molecule has 1 nitrogen and oxygen atoms in total. The lowest BCUT2D eigenvalue weighted by molar-refractivity contribution is 0.0967. The van der Waals surface area contributed by atoms with Gasteiger partial charge in [0.2, 0.25) is 0 Å². The van der Waals surface area contributed by atoms with Gasteiger partial charge in [0.15, 0.2) is 5.78 Å². The molecule has 74 valence electrons. The molecule has 1 aromatic carbocycles. The summed E-state index contributed by atoms with van der Waals surface area (Å²) in [5.74, 6) is 1.17. The Labute approximate surface area is 85.1 Å². The SMILES string of the molecule is CC(C)c1cccc(C(=O)C2CC2)c1. The molecule has 0 atom stereocenters. The van der Waals surface area contributed by atoms with Gasteiger partial charge < -0.3 is 0 Å². The topological polar surface area (TPSA) is 17.1 Å². The fourth-order valence-corrected chi connectivity index (χ4v) is 1.63. The highest BCUT2D eigenvalue weighted by Crippen LogP contribution is 2.33. The second-order valence-corrected chi connectivity index (χ2v) is 4.42. The minimum Gasteiger partial charge on any atom is -0.294 e. The summed E-state index contributed by atoms with van der Waals surface area (Å²) in [5.41, 5.74) is 2.16. The van der Waals surface area contributed by atoms with Crippen LogP contribution in [0.3, 0.4) is 0 Å². The van der Waals surface area contributed by atoms with Crippen molar-refractivity contribution in [3.05, 3.63) is 35.4 Å². The van der Waals surface area contributed by atoms with Crippen LogP contribution in [-0.4, -0.2) is 5.78 Å². The van der Waals surface area contributed by atoms with E-state index >= 15 is 0 Å². The molecule has 0 radical (unpaired) electrons. The van der Waals surface area contributed by atoms with Gasteiger partial charge in [0, 0.05) is 11.5 Å². The summed E-state index contributed by atoms with van der Waals surface area (Å²) >= 11 is 0. The van der Waals surface area contributed by atoms with Crippen LogP contribution in [0.1, 0.15) is 48.5 Å². The fraction of sp³-hybridized carbons (Fsp3) is 0.462. The summed E-state index contributed by atoms with van der Waals surface area (Å²) < 4.78 is 0. The lowest BCUT2D eigenvalue weighted by Crippen LogP contribution is -2.02. The summed E-state index contributed by atoms with van der Waals surface area (Å²) in [6, 6.07) is 8.07. The molecule has 0 aromatic heterocycles. The van der Waals surface area contributed by atoms with Crippen molar-refractivity contribution in [3.63, 3.8) is 0 Å². The second kappa shape index (κ2) is 3.56. The molecule has 1 aliphatic rings. The molecular weight excluding hydrogens is 172 g/mol. The zero-order chi connectivity index (χ0) is 10.1. The first-order chi connectivity index (χ1) is 6.68. The van der Waals surface area contributed by atoms with Crippen molar-refractivity contribution in [1.29, 1.82) is 0 Å². The molecule has 0 unspecified atom stereocenters. The Hall–Kier alpha value is -1.11. The van der Waals surface area contributed by atoms with Crippen LogP contribution in [0, 0.1) is 5.92 Å². The van der Waals surface area contributed by atoms with E-state index in [4.69, 9.17) is 0 Å². The van der Waals surface area contributed by atoms with Crippen LogP contribution >= 0.6 is 0 Å². The number of rotatable bonds is 3. The molecular formula is C13H16O. The number of benzene rings is 1. The monoisotopic (exact) mass is 188 g/mol. The normalized spacial score (nSPS) is 15.9. The molecule has 0 spiro atoms. The van der Waals surface area contributed by atoms with Crippen molar-refractivity contribution in [2.24, 2.45) is 5.92 Å². The van der Waals surface area contributed by atoms with Gasteiger partial charge >= 0.3 is 0 Å². The Balaban J connectivity index is 2.25. The average molecular weight is 188 g/mol. The Bertz CT molecular complexity index is 348. The lowest BCUT2D eigenvalue weighted by Gasteiger charge is -2.06. The quantitative estimate of drug-likeness (QED) is 0.664. The number of hydrogen-bond donors (Lipinski definition) is 0. The van der Waals surface area contributed by atoms with Crippen molar-refractivity contribution in [2.45, 2.75) is 32.6 Å². The highest BCUT2D eigenvalue weighted by atomic mass is 16.1. The van der Waals surface area contributed by atoms with Gasteiger partial charge in [-0.1, -0.05) is 32.0 Å². The molecule has 2 rings (SSSR count). The maximum absolute atomic E-state index is 11.8. The van der Waals surface area contributed by atoms with Crippen molar-refractivity contribution in [3.8, 4) is 0 Å². The minimum atomic E-state index is 0.331. The Morgan fingerprint density at radius 1 is 1.36 bits per heavy atom. The molecule has 1 saturated carbocycles. The van der Waals surface area contributed by atoms with E-state index in [1.807, 2.05) is 18.2 Å². The summed E-state index contributed by atoms with van der Waals surface area (Å²) in [4.78, 5) is 11.8. The van der Waals surface area contributed by atoms with E-state index in [9.17, 15) is 4.79 Å². The number of hydrogen-bond acceptors (Lipinski definition) is 1. The zero-order valence-corrected chi connectivity index (χ0v) is 8.79. The van der Waals surface area contributed by atoms with Crippen LogP contribution in [0.5, 0.6) is 0 Å². The first kappa shape index (κ1) is 9.45. The summed E-state index contributed by atoms with van der Waals surface area (Å²) in [5, 5.41) is 0. The molecule has 14 heavy (non-hydrogen) atoms. The summed E-state index contributed by atoms with van der Waals surface area (Å²) in [6.45, 7) is 4.31. The van der Waals surface area contributed by atoms with Crippen LogP contribution < -0.4 is 0 Å². The minimum absolute atomic E-state index is 0.331. The van der Waals surface area contributed by atoms with E-state index in [0.29, 0.717) is 17.6 Å². The van der Waals surface area contributed by atoms with Gasteiger partial charge in [0.1, 0.15) is 0 Å². The molecule has 0 heterocycles. The molecule has 0 aliphatic heterocycles. The first-order valence-electron chi connectivity index (χ1n) is 5.32. The first-order valence-corrected chi connectivity index (χ1v) is 5.32. The smallest absolute Gasteiger partial charge is 0.165 e. The van der Waals surface area contributed by atoms with Crippen LogP contribution in [0.25, 0.3) is 0 Å². The van der Waals surface area contributed by atoms with E-state index in [1.165, 1.54) is 5.56 Å². The van der Waals surface area contributed by atoms with E-state index in [0.717, 1.165) is 18.4 Å². The molecule has 1 aromatic rings. The van der Waals surface area contributed by atoms with Gasteiger partial charge in [0.05, 0.1) is 0 Å². The molecule has 0 N–H and O–H groups in total. The Morgan fingerprint density at radius 3 is 2.64 bits per heavy atom. The molecule has 1 heteroatoms. The summed E-state index contributed by atoms with van der Waals surface area (Å²) in [7, 11) is 0. The largest absolute Gasteiger partial charge is 0.294 e. The zero-order valence-electron chi connectivity index (χ0n) is 8.79. The number of ketones is 1. The van der Waals surface area contributed by atoms with Crippen molar-refractivity contribution < 1.29 is 4.79 Å². The Kier molecular flexibility index (Phi) is 2.40. The van der Waals surface area contributed by atoms with E-state index in [1.54, 1.807) is 0 Å². The predicted octanol–water partition coefficient (Wildman–Crippen LogP) is 3.40. The van der Waals surface area contributed by atoms with Crippen LogP contribution in [0.4, 0.5) is 0 Å². The summed E-state index contributed by atoms with van der Waals surface area (Å²) in [6.07, 6.45) is 2.18. The van der Waals surface area contributed by atoms with Gasteiger partial charge in [-0.3, -0.25) is 4.79 Å². The molecule has 1 aliphatic carbocycles. The lowest BCUT2D eigenvalue weighted by atomic mass is 9.98. The molecule has 1 fully saturated rings. The third kappa shape index (κ3) is 1.87. The van der Waals surface area contributed by atoms with E-state index in [-0.39, 0.29) is 0 Å². The van der Waals surface area contributed by atoms with Gasteiger partial charge in [-0.2, -0.15) is 0 Å². The molecule has 0 saturated heterocycles. The van der Waals surface area contributed by atoms with Crippen LogP contribution in [0.2, 0.25) is 0 Å². The highest BCUT2D eigenvalue weighted by molar-refractivity contribution is 5.99. The number of carbonyl (C=O) groups excluding carboxylic acids is 1. The van der Waals surface area contributed by atoms with Gasteiger partial charge in [-0.15, -0.1) is 0 Å². The molecule has 0 bridgehead atoms. The van der Waals surface area contributed by atoms with Gasteiger partial charge in [0.25, 0.3) is 0 Å². The van der Waals surface area contributed by atoms with Crippen molar-refractivity contribution in [1.82, 2.24) is 0 Å². The second-order valence-electron chi connectivity index (χ2n) is 4.42. The number of carbonyl (C=O) groups is 1. The van der Waals surface area contributed by atoms with E-state index in [2.05, 4.69) is 19.9 Å². The Morgan fingerprint density at radius 2 is 2.07 bits per heavy atom. The highest BCUT2D eigenvalue weighted by Gasteiger charge is 2.30. The van der Waals surface area contributed by atoms with Gasteiger partial charge in [-0.25, -0.2) is 0 Å². The maximum Gasteiger partial charge on any atom is 0.165 e. The van der Waals surface area contributed by atoms with Crippen LogP contribution in [-0.2, 0) is 0 Å². The molecule has 0 amide bonds. The third-order valence-electron chi connectivity index (χ3n) is 2.79. The third-order valence-corrected chi connectivity index (χ3v) is 2.79. The van der Waals surface area contributed by atoms with Crippen molar-refractivity contribution in [2.75, 3.05) is 0 Å². The predicted molar refractivity (Wildman–Crippen MR) is 57.6 cm³/mol. The standard InChI is InChI=1S/C13H16O/c1-9(2)11-4-3-5-12(8-11)13(14)10-6-7-10/h3-5,8-10H,6-7H2,1-2H3. The maximum atomic E-state index is 11.8. The fourth-order valence-electron chi connectivity index (χ4n) is 1.63. The number of Topliss-reactive ketones (excluding diaryl/α,β-unsaturated/α-hetero) is 1. The van der Waals surface area contributed by atoms with Crippen molar-refractivity contribution >= 4 is 5.78 Å². The van der Waals surface area contributed by atoms with Gasteiger partial charge in [-0.05, 0) is 30.4 Å².